The first-order chi connectivity index (χ1) is 7.56. The van der Waals surface area contributed by atoms with E-state index in [-0.39, 0.29) is 23.9 Å². The average Bonchev–Trinajstić information content (AvgIpc) is 2.28. The second-order valence-electron chi connectivity index (χ2n) is 3.19. The number of aromatic nitrogens is 1. The molecule has 0 aromatic carbocycles. The van der Waals surface area contributed by atoms with E-state index in [1.807, 2.05) is 0 Å². The fourth-order valence-electron chi connectivity index (χ4n) is 1.11. The lowest BCUT2D eigenvalue weighted by Crippen LogP contribution is -2.37. The van der Waals surface area contributed by atoms with Crippen LogP contribution in [-0.4, -0.2) is 42.3 Å². The van der Waals surface area contributed by atoms with E-state index in [9.17, 15) is 9.59 Å². The van der Waals surface area contributed by atoms with Gasteiger partial charge in [0.1, 0.15) is 0 Å². The van der Waals surface area contributed by atoms with Crippen LogP contribution in [-0.2, 0) is 4.79 Å². The molecule has 0 spiro atoms. The molecule has 0 aliphatic carbocycles. The van der Waals surface area contributed by atoms with Gasteiger partial charge in [-0.25, -0.2) is 0 Å². The summed E-state index contributed by atoms with van der Waals surface area (Å²) in [7, 11) is 3.04. The summed E-state index contributed by atoms with van der Waals surface area (Å²) < 4.78 is 0. The van der Waals surface area contributed by atoms with Crippen molar-refractivity contribution in [3.63, 3.8) is 0 Å². The quantitative estimate of drug-likeness (QED) is 0.841. The summed E-state index contributed by atoms with van der Waals surface area (Å²) in [6.45, 7) is -0.0133. The van der Waals surface area contributed by atoms with Gasteiger partial charge in [-0.1, -0.05) is 11.6 Å². The highest BCUT2D eigenvalue weighted by Crippen LogP contribution is 2.14. The van der Waals surface area contributed by atoms with Gasteiger partial charge in [0, 0.05) is 26.5 Å². The lowest BCUT2D eigenvalue weighted by molar-refractivity contribution is -0.121. The van der Waals surface area contributed by atoms with Crippen molar-refractivity contribution in [3.05, 3.63) is 29.0 Å². The van der Waals surface area contributed by atoms with Gasteiger partial charge in [0.15, 0.2) is 0 Å². The number of pyridine rings is 1. The maximum Gasteiger partial charge on any atom is 0.257 e. The number of rotatable bonds is 3. The maximum absolute atomic E-state index is 11.8. The second kappa shape index (κ2) is 5.46. The minimum absolute atomic E-state index is 0.0133. The molecule has 0 aliphatic heterocycles. The van der Waals surface area contributed by atoms with Crippen LogP contribution in [0, 0.1) is 0 Å². The maximum atomic E-state index is 11.8. The van der Waals surface area contributed by atoms with E-state index in [4.69, 9.17) is 11.6 Å². The monoisotopic (exact) mass is 241 g/mol. The van der Waals surface area contributed by atoms with Gasteiger partial charge >= 0.3 is 0 Å². The molecule has 0 bridgehead atoms. The largest absolute Gasteiger partial charge is 0.358 e. The van der Waals surface area contributed by atoms with Gasteiger partial charge in [0.2, 0.25) is 5.91 Å². The molecule has 0 unspecified atom stereocenters. The molecule has 6 heteroatoms. The van der Waals surface area contributed by atoms with E-state index in [0.717, 1.165) is 0 Å². The first-order valence-electron chi connectivity index (χ1n) is 4.61. The number of amides is 2. The Morgan fingerprint density at radius 2 is 2.25 bits per heavy atom. The molecule has 0 aliphatic rings. The van der Waals surface area contributed by atoms with Crippen LogP contribution < -0.4 is 5.32 Å². The van der Waals surface area contributed by atoms with Crippen LogP contribution in [0.25, 0.3) is 0 Å². The fraction of sp³-hybridized carbons (Fsp3) is 0.300. The van der Waals surface area contributed by atoms with Crippen LogP contribution in [0.5, 0.6) is 0 Å². The normalized spacial score (nSPS) is 9.69. The molecule has 0 fully saturated rings. The van der Waals surface area contributed by atoms with Crippen molar-refractivity contribution < 1.29 is 9.59 Å². The number of likely N-dealkylation sites (N-methyl/N-ethyl adjacent to an activating group) is 2. The molecule has 0 atom stereocenters. The summed E-state index contributed by atoms with van der Waals surface area (Å²) in [5, 5.41) is 2.76. The Balaban J connectivity index is 2.79. The third-order valence-corrected chi connectivity index (χ3v) is 2.33. The van der Waals surface area contributed by atoms with Gasteiger partial charge in [-0.2, -0.15) is 0 Å². The number of carbonyl (C=O) groups is 2. The van der Waals surface area contributed by atoms with E-state index < -0.39 is 0 Å². The predicted molar refractivity (Wildman–Crippen MR) is 60.3 cm³/mol. The molecule has 1 rings (SSSR count). The zero-order valence-corrected chi connectivity index (χ0v) is 9.78. The zero-order valence-electron chi connectivity index (χ0n) is 9.03. The number of hydrogen-bond donors (Lipinski definition) is 1. The molecular weight excluding hydrogens is 230 g/mol. The Hall–Kier alpha value is -1.62. The first kappa shape index (κ1) is 12.4. The number of hydrogen-bond acceptors (Lipinski definition) is 3. The molecular formula is C10H12ClN3O2. The molecule has 1 aromatic heterocycles. The lowest BCUT2D eigenvalue weighted by Gasteiger charge is -2.16. The molecule has 0 radical (unpaired) electrons. The number of carbonyl (C=O) groups excluding carboxylic acids is 2. The minimum Gasteiger partial charge on any atom is -0.358 e. The van der Waals surface area contributed by atoms with E-state index in [1.54, 1.807) is 0 Å². The van der Waals surface area contributed by atoms with Gasteiger partial charge < -0.3 is 10.2 Å². The SMILES string of the molecule is CNC(=O)CN(C)C(=O)c1cnccc1Cl. The van der Waals surface area contributed by atoms with E-state index >= 15 is 0 Å². The van der Waals surface area contributed by atoms with Crippen LogP contribution in [0.15, 0.2) is 18.5 Å². The van der Waals surface area contributed by atoms with E-state index in [2.05, 4.69) is 10.3 Å². The average molecular weight is 242 g/mol. The number of nitrogens with one attached hydrogen (secondary N) is 1. The van der Waals surface area contributed by atoms with Crippen molar-refractivity contribution >= 4 is 23.4 Å². The van der Waals surface area contributed by atoms with Crippen LogP contribution >= 0.6 is 11.6 Å². The molecule has 1 aromatic rings. The molecule has 0 saturated heterocycles. The Bertz CT molecular complexity index is 409. The van der Waals surface area contributed by atoms with Crippen molar-refractivity contribution in [2.45, 2.75) is 0 Å². The third kappa shape index (κ3) is 2.93. The van der Waals surface area contributed by atoms with Crippen molar-refractivity contribution in [1.29, 1.82) is 0 Å². The molecule has 0 saturated carbocycles. The highest BCUT2D eigenvalue weighted by atomic mass is 35.5. The molecule has 1 heterocycles. The summed E-state index contributed by atoms with van der Waals surface area (Å²) in [4.78, 5) is 28.0. The van der Waals surface area contributed by atoms with Crippen molar-refractivity contribution in [3.8, 4) is 0 Å². The van der Waals surface area contributed by atoms with Crippen molar-refractivity contribution in [2.24, 2.45) is 0 Å². The third-order valence-electron chi connectivity index (χ3n) is 2.00. The van der Waals surface area contributed by atoms with E-state index in [0.29, 0.717) is 5.02 Å². The second-order valence-corrected chi connectivity index (χ2v) is 3.60. The Morgan fingerprint density at radius 1 is 1.56 bits per heavy atom. The van der Waals surface area contributed by atoms with Gasteiger partial charge in [-0.15, -0.1) is 0 Å². The molecule has 1 N–H and O–H groups in total. The van der Waals surface area contributed by atoms with Crippen LogP contribution in [0.3, 0.4) is 0 Å². The summed E-state index contributed by atoms with van der Waals surface area (Å²) >= 11 is 5.85. The summed E-state index contributed by atoms with van der Waals surface area (Å²) in [6.07, 6.45) is 2.88. The number of halogens is 1. The summed E-state index contributed by atoms with van der Waals surface area (Å²) in [6, 6.07) is 1.53. The van der Waals surface area contributed by atoms with Crippen LogP contribution in [0.2, 0.25) is 5.02 Å². The highest BCUT2D eigenvalue weighted by molar-refractivity contribution is 6.33. The number of nitrogens with zero attached hydrogens (tertiary/aromatic N) is 2. The fourth-order valence-corrected chi connectivity index (χ4v) is 1.29. The van der Waals surface area contributed by atoms with Gasteiger partial charge in [0.25, 0.3) is 5.91 Å². The van der Waals surface area contributed by atoms with Gasteiger partial charge in [-0.05, 0) is 6.07 Å². The Kier molecular flexibility index (Phi) is 4.25. The Morgan fingerprint density at radius 3 is 2.81 bits per heavy atom. The standard InChI is InChI=1S/C10H12ClN3O2/c1-12-9(15)6-14(2)10(16)7-5-13-4-3-8(7)11/h3-5H,6H2,1-2H3,(H,12,15). The summed E-state index contributed by atoms with van der Waals surface area (Å²) in [5.41, 5.74) is 0.288. The van der Waals surface area contributed by atoms with Gasteiger partial charge in [0.05, 0.1) is 17.1 Å². The molecule has 16 heavy (non-hydrogen) atoms. The molecule has 2 amide bonds. The molecule has 86 valence electrons. The zero-order chi connectivity index (χ0) is 12.1. The minimum atomic E-state index is -0.332. The molecule has 5 nitrogen and oxygen atoms in total. The first-order valence-corrected chi connectivity index (χ1v) is 4.99. The topological polar surface area (TPSA) is 62.3 Å². The van der Waals surface area contributed by atoms with Crippen LogP contribution in [0.1, 0.15) is 10.4 Å². The van der Waals surface area contributed by atoms with Crippen molar-refractivity contribution in [2.75, 3.05) is 20.6 Å². The van der Waals surface area contributed by atoms with Crippen molar-refractivity contribution in [1.82, 2.24) is 15.2 Å². The van der Waals surface area contributed by atoms with Crippen LogP contribution in [0.4, 0.5) is 0 Å². The Labute approximate surface area is 98.4 Å². The highest BCUT2D eigenvalue weighted by Gasteiger charge is 2.16. The predicted octanol–water partition coefficient (Wildman–Crippen LogP) is 0.553. The lowest BCUT2D eigenvalue weighted by atomic mass is 10.2. The van der Waals surface area contributed by atoms with Gasteiger partial charge in [-0.3, -0.25) is 14.6 Å². The summed E-state index contributed by atoms with van der Waals surface area (Å²) in [5.74, 6) is -0.572. The van der Waals surface area contributed by atoms with E-state index in [1.165, 1.54) is 37.5 Å². The smallest absolute Gasteiger partial charge is 0.257 e.